The summed E-state index contributed by atoms with van der Waals surface area (Å²) in [7, 11) is 1.78. The zero-order valence-corrected chi connectivity index (χ0v) is 22.0. The Morgan fingerprint density at radius 1 is 1.03 bits per heavy atom. The normalized spacial score (nSPS) is 20.1. The van der Waals surface area contributed by atoms with Gasteiger partial charge in [-0.05, 0) is 52.9 Å². The number of hydrogen-bond donors (Lipinski definition) is 1. The lowest BCUT2D eigenvalue weighted by molar-refractivity contribution is 0.0162. The second-order valence-corrected chi connectivity index (χ2v) is 8.87. The van der Waals surface area contributed by atoms with E-state index in [1.807, 2.05) is 32.6 Å². The summed E-state index contributed by atoms with van der Waals surface area (Å²) in [5.41, 5.74) is -0.463. The van der Waals surface area contributed by atoms with Gasteiger partial charge in [0.05, 0.1) is 6.61 Å². The third kappa shape index (κ3) is 9.28. The van der Waals surface area contributed by atoms with Crippen LogP contribution in [0.5, 0.6) is 0 Å². The Bertz CT molecular complexity index is 603. The molecule has 0 aromatic rings. The minimum absolute atomic E-state index is 0. The quantitative estimate of drug-likeness (QED) is 0.328. The van der Waals surface area contributed by atoms with Crippen LogP contribution in [0, 0.1) is 5.92 Å². The Morgan fingerprint density at radius 3 is 2.26 bits per heavy atom. The number of likely N-dealkylation sites (tertiary alicyclic amines) is 1. The Labute approximate surface area is 203 Å². The molecule has 0 radical (unpaired) electrons. The van der Waals surface area contributed by atoms with Crippen molar-refractivity contribution in [2.45, 2.75) is 52.6 Å². The fraction of sp³-hybridized carbons (Fsp3) is 0.857. The number of piperazine rings is 1. The summed E-state index contributed by atoms with van der Waals surface area (Å²) in [6.07, 6.45) is 2.65. The van der Waals surface area contributed by atoms with E-state index in [9.17, 15) is 9.59 Å². The summed E-state index contributed by atoms with van der Waals surface area (Å²) in [6.45, 7) is 12.9. The molecule has 2 saturated heterocycles. The summed E-state index contributed by atoms with van der Waals surface area (Å²) in [5.74, 6) is 1.32. The first-order valence-corrected chi connectivity index (χ1v) is 11.1. The van der Waals surface area contributed by atoms with E-state index in [1.165, 1.54) is 0 Å². The van der Waals surface area contributed by atoms with Gasteiger partial charge in [-0.15, -0.1) is 24.0 Å². The van der Waals surface area contributed by atoms with Crippen molar-refractivity contribution < 1.29 is 19.1 Å². The highest BCUT2D eigenvalue weighted by molar-refractivity contribution is 14.0. The van der Waals surface area contributed by atoms with E-state index in [1.54, 1.807) is 11.9 Å². The monoisotopic (exact) mass is 553 g/mol. The van der Waals surface area contributed by atoms with E-state index in [2.05, 4.69) is 15.2 Å². The van der Waals surface area contributed by atoms with Crippen molar-refractivity contribution in [1.82, 2.24) is 20.0 Å². The SMILES string of the molecule is CCOC(=O)N1CCN(C(=NC)NCCC2CCCN(C(=O)OC(C)(C)C)C2)CC1.I. The van der Waals surface area contributed by atoms with Gasteiger partial charge in [-0.2, -0.15) is 0 Å². The minimum Gasteiger partial charge on any atom is -0.450 e. The summed E-state index contributed by atoms with van der Waals surface area (Å²) >= 11 is 0. The number of rotatable bonds is 4. The van der Waals surface area contributed by atoms with E-state index in [0.29, 0.717) is 25.6 Å². The van der Waals surface area contributed by atoms with Crippen LogP contribution < -0.4 is 5.32 Å². The third-order valence-electron chi connectivity index (χ3n) is 5.32. The molecular weight excluding hydrogens is 513 g/mol. The lowest BCUT2D eigenvalue weighted by Crippen LogP contribution is -2.54. The summed E-state index contributed by atoms with van der Waals surface area (Å²) in [4.78, 5) is 34.3. The van der Waals surface area contributed by atoms with Crippen LogP contribution in [0.15, 0.2) is 4.99 Å². The molecule has 180 valence electrons. The van der Waals surface area contributed by atoms with Crippen molar-refractivity contribution in [2.24, 2.45) is 10.9 Å². The van der Waals surface area contributed by atoms with Gasteiger partial charge in [0, 0.05) is 52.9 Å². The van der Waals surface area contributed by atoms with Gasteiger partial charge in [0.2, 0.25) is 0 Å². The van der Waals surface area contributed by atoms with Crippen LogP contribution in [-0.2, 0) is 9.47 Å². The van der Waals surface area contributed by atoms with Crippen molar-refractivity contribution >= 4 is 42.1 Å². The van der Waals surface area contributed by atoms with Gasteiger partial charge in [-0.3, -0.25) is 4.99 Å². The molecule has 10 heteroatoms. The third-order valence-corrected chi connectivity index (χ3v) is 5.32. The molecule has 2 aliphatic rings. The van der Waals surface area contributed by atoms with E-state index >= 15 is 0 Å². The number of aliphatic imine (C=N–C) groups is 1. The minimum atomic E-state index is -0.463. The summed E-state index contributed by atoms with van der Waals surface area (Å²) < 4.78 is 10.6. The number of nitrogens with one attached hydrogen (secondary N) is 1. The summed E-state index contributed by atoms with van der Waals surface area (Å²) in [6, 6.07) is 0. The van der Waals surface area contributed by atoms with Crippen molar-refractivity contribution in [3.63, 3.8) is 0 Å². The average Bonchev–Trinajstić information content (AvgIpc) is 2.70. The van der Waals surface area contributed by atoms with E-state index < -0.39 is 5.60 Å². The van der Waals surface area contributed by atoms with Gasteiger partial charge in [-0.25, -0.2) is 9.59 Å². The van der Waals surface area contributed by atoms with Crippen molar-refractivity contribution in [3.8, 4) is 0 Å². The molecule has 0 saturated carbocycles. The second kappa shape index (κ2) is 13.2. The Kier molecular flexibility index (Phi) is 11.7. The number of ether oxygens (including phenoxy) is 2. The number of guanidine groups is 1. The van der Waals surface area contributed by atoms with Gasteiger partial charge in [-0.1, -0.05) is 0 Å². The Morgan fingerprint density at radius 2 is 1.68 bits per heavy atom. The predicted octanol–water partition coefficient (Wildman–Crippen LogP) is 2.99. The number of halogens is 1. The van der Waals surface area contributed by atoms with Crippen LogP contribution in [-0.4, -0.2) is 97.9 Å². The number of amides is 2. The maximum atomic E-state index is 12.3. The predicted molar refractivity (Wildman–Crippen MR) is 132 cm³/mol. The van der Waals surface area contributed by atoms with Gasteiger partial charge in [0.1, 0.15) is 5.60 Å². The van der Waals surface area contributed by atoms with E-state index in [4.69, 9.17) is 9.47 Å². The van der Waals surface area contributed by atoms with Crippen molar-refractivity contribution in [2.75, 3.05) is 59.5 Å². The zero-order valence-electron chi connectivity index (χ0n) is 19.7. The standard InChI is InChI=1S/C21H39N5O4.HI/c1-6-29-19(27)25-14-12-24(13-15-25)18(22-5)23-10-9-17-8-7-11-26(16-17)20(28)30-21(2,3)4;/h17H,6-16H2,1-5H3,(H,22,23);1H. The van der Waals surface area contributed by atoms with E-state index in [-0.39, 0.29) is 36.2 Å². The largest absolute Gasteiger partial charge is 0.450 e. The van der Waals surface area contributed by atoms with Crippen molar-refractivity contribution in [1.29, 1.82) is 0 Å². The molecule has 2 fully saturated rings. The smallest absolute Gasteiger partial charge is 0.410 e. The lowest BCUT2D eigenvalue weighted by atomic mass is 9.95. The lowest BCUT2D eigenvalue weighted by Gasteiger charge is -2.36. The second-order valence-electron chi connectivity index (χ2n) is 8.87. The van der Waals surface area contributed by atoms with Crippen LogP contribution in [0.3, 0.4) is 0 Å². The van der Waals surface area contributed by atoms with Crippen LogP contribution in [0.2, 0.25) is 0 Å². The van der Waals surface area contributed by atoms with Crippen LogP contribution in [0.4, 0.5) is 9.59 Å². The molecule has 31 heavy (non-hydrogen) atoms. The molecule has 0 aliphatic carbocycles. The fourth-order valence-corrected chi connectivity index (χ4v) is 3.83. The Hall–Kier alpha value is -1.46. The molecule has 2 rings (SSSR count). The molecule has 9 nitrogen and oxygen atoms in total. The first-order chi connectivity index (χ1) is 14.2. The Balaban J connectivity index is 0.00000480. The molecule has 0 bridgehead atoms. The topological polar surface area (TPSA) is 86.7 Å². The number of piperidine rings is 1. The molecule has 1 N–H and O–H groups in total. The molecule has 2 heterocycles. The number of carbonyl (C=O) groups excluding carboxylic acids is 2. The van der Waals surface area contributed by atoms with E-state index in [0.717, 1.165) is 57.9 Å². The van der Waals surface area contributed by atoms with Gasteiger partial charge < -0.3 is 29.5 Å². The number of nitrogens with zero attached hydrogens (tertiary/aromatic N) is 4. The van der Waals surface area contributed by atoms with Gasteiger partial charge in [0.15, 0.2) is 5.96 Å². The number of hydrogen-bond acceptors (Lipinski definition) is 5. The highest BCUT2D eigenvalue weighted by Gasteiger charge is 2.28. The highest BCUT2D eigenvalue weighted by Crippen LogP contribution is 2.21. The van der Waals surface area contributed by atoms with Crippen molar-refractivity contribution in [3.05, 3.63) is 0 Å². The molecule has 0 spiro atoms. The zero-order chi connectivity index (χ0) is 22.1. The highest BCUT2D eigenvalue weighted by atomic mass is 127. The first-order valence-electron chi connectivity index (χ1n) is 11.1. The number of carbonyl (C=O) groups is 2. The van der Waals surface area contributed by atoms with Crippen LogP contribution >= 0.6 is 24.0 Å². The van der Waals surface area contributed by atoms with Crippen LogP contribution in [0.1, 0.15) is 47.0 Å². The molecule has 2 amide bonds. The molecule has 2 aliphatic heterocycles. The molecule has 0 aromatic carbocycles. The van der Waals surface area contributed by atoms with Gasteiger partial charge >= 0.3 is 12.2 Å². The maximum absolute atomic E-state index is 12.3. The van der Waals surface area contributed by atoms with Crippen LogP contribution in [0.25, 0.3) is 0 Å². The molecule has 1 unspecified atom stereocenters. The summed E-state index contributed by atoms with van der Waals surface area (Å²) in [5, 5.41) is 3.44. The maximum Gasteiger partial charge on any atom is 0.410 e. The average molecular weight is 553 g/mol. The molecule has 1 atom stereocenters. The van der Waals surface area contributed by atoms with Gasteiger partial charge in [0.25, 0.3) is 0 Å². The molecule has 0 aromatic heterocycles. The first kappa shape index (κ1) is 27.6. The fourth-order valence-electron chi connectivity index (χ4n) is 3.83. The molecular formula is C21H40IN5O4.